The maximum absolute atomic E-state index is 13.5. The first-order valence-electron chi connectivity index (χ1n) is 9.44. The highest BCUT2D eigenvalue weighted by Gasteiger charge is 2.34. The van der Waals surface area contributed by atoms with E-state index in [0.29, 0.717) is 11.3 Å². The van der Waals surface area contributed by atoms with Crippen LogP contribution in [-0.4, -0.2) is 37.7 Å². The smallest absolute Gasteiger partial charge is 0.339 e. The average Bonchev–Trinajstić information content (AvgIpc) is 2.75. The molecule has 32 heavy (non-hydrogen) atoms. The summed E-state index contributed by atoms with van der Waals surface area (Å²) in [5.41, 5.74) is 5.08. The number of rotatable bonds is 7. The molecule has 0 bridgehead atoms. The van der Waals surface area contributed by atoms with E-state index in [0.717, 1.165) is 0 Å². The number of anilines is 1. The molecule has 0 atom stereocenters. The zero-order valence-corrected chi connectivity index (χ0v) is 18.1. The van der Waals surface area contributed by atoms with Gasteiger partial charge in [0.25, 0.3) is 0 Å². The molecule has 0 unspecified atom stereocenters. The Balaban J connectivity index is 2.38. The Kier molecular flexibility index (Phi) is 6.22. The maximum atomic E-state index is 13.5. The Morgan fingerprint density at radius 1 is 0.938 bits per heavy atom. The van der Waals surface area contributed by atoms with E-state index in [9.17, 15) is 28.2 Å². The molecular weight excluding hydrogens is 434 g/mol. The first-order chi connectivity index (χ1) is 15.1. The maximum Gasteiger partial charge on any atom is 0.339 e. The number of carboxylic acids is 2. The van der Waals surface area contributed by atoms with Gasteiger partial charge in [0.2, 0.25) is 9.84 Å². The summed E-state index contributed by atoms with van der Waals surface area (Å²) in [7, 11) is -2.93. The number of hydrogen-bond acceptors (Lipinski definition) is 6. The quantitative estimate of drug-likeness (QED) is 0.460. The van der Waals surface area contributed by atoms with Crippen LogP contribution in [0.15, 0.2) is 64.4 Å². The van der Waals surface area contributed by atoms with Gasteiger partial charge in [-0.2, -0.15) is 0 Å². The topological polar surface area (TPSA) is 144 Å². The van der Waals surface area contributed by atoms with E-state index in [2.05, 4.69) is 0 Å². The normalized spacial score (nSPS) is 11.2. The van der Waals surface area contributed by atoms with Gasteiger partial charge in [-0.25, -0.2) is 18.0 Å². The van der Waals surface area contributed by atoms with Crippen LogP contribution in [0.5, 0.6) is 5.75 Å². The van der Waals surface area contributed by atoms with E-state index in [4.69, 9.17) is 10.5 Å². The van der Waals surface area contributed by atoms with Crippen LogP contribution in [-0.2, 0) is 16.3 Å². The SMILES string of the molecule is COc1ccc(S(=O)(=O)c2c(C)c(Cc3ccccc3)c(C(=O)O)c(N)c2C(=O)O)cc1. The van der Waals surface area contributed by atoms with E-state index in [-0.39, 0.29) is 22.4 Å². The average molecular weight is 455 g/mol. The molecule has 0 heterocycles. The van der Waals surface area contributed by atoms with Crippen molar-refractivity contribution in [1.29, 1.82) is 0 Å². The summed E-state index contributed by atoms with van der Waals surface area (Å²) >= 11 is 0. The fraction of sp³-hybridized carbons (Fsp3) is 0.130. The summed E-state index contributed by atoms with van der Waals surface area (Å²) in [5.74, 6) is -2.65. The molecule has 0 radical (unpaired) electrons. The number of hydrogen-bond donors (Lipinski definition) is 3. The predicted octanol–water partition coefficient (Wildman–Crippen LogP) is 3.41. The zero-order valence-electron chi connectivity index (χ0n) is 17.3. The van der Waals surface area contributed by atoms with Crippen LogP contribution in [0.25, 0.3) is 0 Å². The highest BCUT2D eigenvalue weighted by molar-refractivity contribution is 7.91. The minimum Gasteiger partial charge on any atom is -0.497 e. The second-order valence-corrected chi connectivity index (χ2v) is 8.93. The summed E-state index contributed by atoms with van der Waals surface area (Å²) in [6, 6.07) is 14.3. The molecule has 0 saturated carbocycles. The first kappa shape index (κ1) is 22.8. The van der Waals surface area contributed by atoms with Gasteiger partial charge in [-0.3, -0.25) is 0 Å². The minimum atomic E-state index is -4.36. The highest BCUT2D eigenvalue weighted by atomic mass is 32.2. The van der Waals surface area contributed by atoms with Crippen molar-refractivity contribution in [2.45, 2.75) is 23.1 Å². The van der Waals surface area contributed by atoms with Crippen LogP contribution in [0.1, 0.15) is 37.4 Å². The number of benzene rings is 3. The van der Waals surface area contributed by atoms with Crippen molar-refractivity contribution < 1.29 is 33.0 Å². The Labute approximate surface area is 184 Å². The number of ether oxygens (including phenoxy) is 1. The Morgan fingerprint density at radius 2 is 1.50 bits per heavy atom. The summed E-state index contributed by atoms with van der Waals surface area (Å²) in [6.45, 7) is 1.40. The molecule has 0 amide bonds. The molecule has 0 fully saturated rings. The monoisotopic (exact) mass is 455 g/mol. The first-order valence-corrected chi connectivity index (χ1v) is 10.9. The van der Waals surface area contributed by atoms with Gasteiger partial charge in [-0.15, -0.1) is 0 Å². The molecule has 0 aliphatic heterocycles. The van der Waals surface area contributed by atoms with Gasteiger partial charge < -0.3 is 20.7 Å². The van der Waals surface area contributed by atoms with Crippen molar-refractivity contribution in [3.05, 3.63) is 82.4 Å². The van der Waals surface area contributed by atoms with Gasteiger partial charge in [0.05, 0.1) is 28.2 Å². The number of sulfone groups is 1. The molecule has 0 aliphatic rings. The molecule has 3 aromatic rings. The van der Waals surface area contributed by atoms with Gasteiger partial charge in [-0.1, -0.05) is 30.3 Å². The van der Waals surface area contributed by atoms with Gasteiger partial charge in [-0.05, 0) is 54.3 Å². The molecular formula is C23H21NO7S. The lowest BCUT2D eigenvalue weighted by Gasteiger charge is -2.20. The van der Waals surface area contributed by atoms with Crippen LogP contribution in [0.2, 0.25) is 0 Å². The van der Waals surface area contributed by atoms with E-state index in [1.165, 1.54) is 38.3 Å². The number of aromatic carboxylic acids is 2. The van der Waals surface area contributed by atoms with Gasteiger partial charge in [0, 0.05) is 0 Å². The number of carbonyl (C=O) groups is 2. The van der Waals surface area contributed by atoms with E-state index in [1.54, 1.807) is 30.3 Å². The molecule has 0 saturated heterocycles. The third kappa shape index (κ3) is 4.02. The van der Waals surface area contributed by atoms with E-state index in [1.807, 2.05) is 0 Å². The summed E-state index contributed by atoms with van der Waals surface area (Å²) < 4.78 is 32.1. The summed E-state index contributed by atoms with van der Waals surface area (Å²) in [5, 5.41) is 19.6. The fourth-order valence-corrected chi connectivity index (χ4v) is 5.33. The van der Waals surface area contributed by atoms with Crippen molar-refractivity contribution >= 4 is 27.5 Å². The largest absolute Gasteiger partial charge is 0.497 e. The van der Waals surface area contributed by atoms with Crippen LogP contribution < -0.4 is 10.5 Å². The molecule has 3 aromatic carbocycles. The van der Waals surface area contributed by atoms with Crippen molar-refractivity contribution in [3.63, 3.8) is 0 Å². The lowest BCUT2D eigenvalue weighted by atomic mass is 9.91. The lowest BCUT2D eigenvalue weighted by molar-refractivity contribution is 0.0693. The lowest BCUT2D eigenvalue weighted by Crippen LogP contribution is -2.20. The fourth-order valence-electron chi connectivity index (χ4n) is 3.61. The molecule has 4 N–H and O–H groups in total. The summed E-state index contributed by atoms with van der Waals surface area (Å²) in [4.78, 5) is 23.4. The van der Waals surface area contributed by atoms with Gasteiger partial charge in [0.1, 0.15) is 11.3 Å². The van der Waals surface area contributed by atoms with Crippen molar-refractivity contribution in [1.82, 2.24) is 0 Å². The van der Waals surface area contributed by atoms with Crippen LogP contribution in [0.3, 0.4) is 0 Å². The molecule has 0 aromatic heterocycles. The predicted molar refractivity (Wildman–Crippen MR) is 117 cm³/mol. The number of methoxy groups -OCH3 is 1. The van der Waals surface area contributed by atoms with Gasteiger partial charge >= 0.3 is 11.9 Å². The second kappa shape index (κ2) is 8.72. The van der Waals surface area contributed by atoms with Crippen LogP contribution in [0, 0.1) is 6.92 Å². The van der Waals surface area contributed by atoms with E-state index < -0.39 is 43.5 Å². The number of nitrogens with two attached hydrogens (primary N) is 1. The number of nitrogen functional groups attached to an aromatic ring is 1. The van der Waals surface area contributed by atoms with Crippen LogP contribution >= 0.6 is 0 Å². The third-order valence-corrected chi connectivity index (χ3v) is 7.09. The second-order valence-electron chi connectivity index (χ2n) is 7.05. The highest BCUT2D eigenvalue weighted by Crippen LogP contribution is 2.37. The van der Waals surface area contributed by atoms with Crippen LogP contribution in [0.4, 0.5) is 5.69 Å². The standard InChI is InChI=1S/C23H21NO7S/c1-13-17(12-14-6-4-3-5-7-14)18(22(25)26)20(24)19(23(27)28)21(13)32(29,30)16-10-8-15(31-2)9-11-16/h3-11H,12,24H2,1-2H3,(H,25,26)(H,27,28). The Bertz CT molecular complexity index is 1300. The number of carboxylic acid groups (broad SMARTS) is 2. The Hall–Kier alpha value is -3.85. The third-order valence-electron chi connectivity index (χ3n) is 5.15. The zero-order chi connectivity index (χ0) is 23.6. The molecule has 9 heteroatoms. The minimum absolute atomic E-state index is 0.0219. The molecule has 3 rings (SSSR count). The van der Waals surface area contributed by atoms with Gasteiger partial charge in [0.15, 0.2) is 0 Å². The molecule has 0 aliphatic carbocycles. The molecule has 0 spiro atoms. The molecule has 8 nitrogen and oxygen atoms in total. The van der Waals surface area contributed by atoms with Crippen molar-refractivity contribution in [2.24, 2.45) is 0 Å². The van der Waals surface area contributed by atoms with E-state index >= 15 is 0 Å². The van der Waals surface area contributed by atoms with Crippen molar-refractivity contribution in [2.75, 3.05) is 12.8 Å². The molecule has 166 valence electrons. The van der Waals surface area contributed by atoms with Crippen molar-refractivity contribution in [3.8, 4) is 5.75 Å². The summed E-state index contributed by atoms with van der Waals surface area (Å²) in [6.07, 6.45) is 0.0591. The Morgan fingerprint density at radius 3 is 2.00 bits per heavy atom.